The lowest BCUT2D eigenvalue weighted by atomic mass is 10.0. The summed E-state index contributed by atoms with van der Waals surface area (Å²) >= 11 is 0. The van der Waals surface area contributed by atoms with E-state index in [1.807, 2.05) is 12.1 Å². The summed E-state index contributed by atoms with van der Waals surface area (Å²) in [5.41, 5.74) is 1.37. The van der Waals surface area contributed by atoms with Gasteiger partial charge in [-0.1, -0.05) is 45.2 Å². The molecule has 0 spiro atoms. The second-order valence-corrected chi connectivity index (χ2v) is 5.80. The van der Waals surface area contributed by atoms with Crippen molar-refractivity contribution < 1.29 is 9.84 Å². The van der Waals surface area contributed by atoms with E-state index in [0.717, 1.165) is 18.1 Å². The quantitative estimate of drug-likeness (QED) is 0.677. The molecule has 0 saturated heterocycles. The molecule has 0 aliphatic carbocycles. The summed E-state index contributed by atoms with van der Waals surface area (Å²) in [4.78, 5) is 0. The highest BCUT2D eigenvalue weighted by atomic mass is 16.5. The molecule has 0 fully saturated rings. The molecule has 0 aliphatic heterocycles. The maximum absolute atomic E-state index is 9.15. The van der Waals surface area contributed by atoms with Gasteiger partial charge in [-0.25, -0.2) is 0 Å². The van der Waals surface area contributed by atoms with E-state index in [2.05, 4.69) is 26.0 Å². The van der Waals surface area contributed by atoms with Gasteiger partial charge in [-0.05, 0) is 43.4 Å². The van der Waals surface area contributed by atoms with Gasteiger partial charge in [0.1, 0.15) is 12.4 Å². The summed E-state index contributed by atoms with van der Waals surface area (Å²) in [6.45, 7) is 6.65. The highest BCUT2D eigenvalue weighted by molar-refractivity contribution is 5.27. The molecule has 1 aromatic carbocycles. The minimum absolute atomic E-state index is 0.356. The van der Waals surface area contributed by atoms with Gasteiger partial charge in [0.15, 0.2) is 0 Å². The van der Waals surface area contributed by atoms with Crippen molar-refractivity contribution >= 4 is 0 Å². The average Bonchev–Trinajstić information content (AvgIpc) is 2.37. The number of hydrogen-bond acceptors (Lipinski definition) is 2. The van der Waals surface area contributed by atoms with Crippen molar-refractivity contribution in [2.45, 2.75) is 59.0 Å². The molecular weight excluding hydrogens is 236 g/mol. The zero-order chi connectivity index (χ0) is 14.1. The highest BCUT2D eigenvalue weighted by Gasteiger charge is 1.99. The summed E-state index contributed by atoms with van der Waals surface area (Å²) in [6, 6.07) is 8.23. The fourth-order valence-corrected chi connectivity index (χ4v) is 2.03. The SMILES string of the molecule is CC(C)CCCCCc1ccc(OCC(C)O)cc1. The molecular formula is C17H28O2. The van der Waals surface area contributed by atoms with Crippen LogP contribution in [0.2, 0.25) is 0 Å². The van der Waals surface area contributed by atoms with Crippen LogP contribution in [0.5, 0.6) is 5.75 Å². The Labute approximate surface area is 117 Å². The Hall–Kier alpha value is -1.02. The molecule has 0 heterocycles. The average molecular weight is 264 g/mol. The number of aliphatic hydroxyl groups is 1. The van der Waals surface area contributed by atoms with Crippen LogP contribution in [0.15, 0.2) is 24.3 Å². The zero-order valence-corrected chi connectivity index (χ0v) is 12.6. The van der Waals surface area contributed by atoms with Crippen molar-refractivity contribution in [2.75, 3.05) is 6.61 Å². The lowest BCUT2D eigenvalue weighted by Gasteiger charge is -2.09. The molecule has 1 aromatic rings. The van der Waals surface area contributed by atoms with E-state index in [4.69, 9.17) is 9.84 Å². The number of benzene rings is 1. The third kappa shape index (κ3) is 7.89. The maximum atomic E-state index is 9.15. The van der Waals surface area contributed by atoms with Crippen LogP contribution in [0.25, 0.3) is 0 Å². The van der Waals surface area contributed by atoms with Gasteiger partial charge in [0.05, 0.1) is 6.10 Å². The topological polar surface area (TPSA) is 29.5 Å². The van der Waals surface area contributed by atoms with Crippen LogP contribution >= 0.6 is 0 Å². The second kappa shape index (κ2) is 8.98. The molecule has 1 rings (SSSR count). The Balaban J connectivity index is 2.20. The predicted molar refractivity (Wildman–Crippen MR) is 80.6 cm³/mol. The third-order valence-electron chi connectivity index (χ3n) is 3.16. The fraction of sp³-hybridized carbons (Fsp3) is 0.647. The van der Waals surface area contributed by atoms with E-state index >= 15 is 0 Å². The molecule has 2 nitrogen and oxygen atoms in total. The molecule has 0 aromatic heterocycles. The minimum atomic E-state index is -0.416. The molecule has 0 amide bonds. The zero-order valence-electron chi connectivity index (χ0n) is 12.6. The molecule has 1 N–H and O–H groups in total. The van der Waals surface area contributed by atoms with Crippen molar-refractivity contribution in [3.63, 3.8) is 0 Å². The van der Waals surface area contributed by atoms with E-state index in [9.17, 15) is 0 Å². The summed E-state index contributed by atoms with van der Waals surface area (Å²) in [7, 11) is 0. The Bertz CT molecular complexity index is 328. The Morgan fingerprint density at radius 3 is 2.26 bits per heavy atom. The Morgan fingerprint density at radius 1 is 1.00 bits per heavy atom. The van der Waals surface area contributed by atoms with Gasteiger partial charge in [0.25, 0.3) is 0 Å². The Morgan fingerprint density at radius 2 is 1.68 bits per heavy atom. The maximum Gasteiger partial charge on any atom is 0.119 e. The standard InChI is InChI=1S/C17H28O2/c1-14(2)7-5-4-6-8-16-9-11-17(12-10-16)19-13-15(3)18/h9-12,14-15,18H,4-8,13H2,1-3H3. The first-order chi connectivity index (χ1) is 9.08. The van der Waals surface area contributed by atoms with Crippen LogP contribution in [-0.4, -0.2) is 17.8 Å². The molecule has 0 saturated carbocycles. The van der Waals surface area contributed by atoms with Crippen LogP contribution in [0, 0.1) is 5.92 Å². The molecule has 108 valence electrons. The van der Waals surface area contributed by atoms with Crippen molar-refractivity contribution in [2.24, 2.45) is 5.92 Å². The lowest BCUT2D eigenvalue weighted by molar-refractivity contribution is 0.122. The van der Waals surface area contributed by atoms with Crippen LogP contribution in [0.1, 0.15) is 52.0 Å². The first-order valence-electron chi connectivity index (χ1n) is 7.47. The van der Waals surface area contributed by atoms with Gasteiger partial charge in [-0.2, -0.15) is 0 Å². The van der Waals surface area contributed by atoms with Crippen molar-refractivity contribution in [1.29, 1.82) is 0 Å². The predicted octanol–water partition coefficient (Wildman–Crippen LogP) is 4.21. The lowest BCUT2D eigenvalue weighted by Crippen LogP contribution is -2.12. The van der Waals surface area contributed by atoms with Crippen LogP contribution < -0.4 is 4.74 Å². The van der Waals surface area contributed by atoms with Crippen molar-refractivity contribution in [3.05, 3.63) is 29.8 Å². The van der Waals surface area contributed by atoms with Crippen molar-refractivity contribution in [3.8, 4) is 5.75 Å². The number of aliphatic hydroxyl groups excluding tert-OH is 1. The number of unbranched alkanes of at least 4 members (excludes halogenated alkanes) is 2. The number of aryl methyl sites for hydroxylation is 1. The first-order valence-corrected chi connectivity index (χ1v) is 7.47. The minimum Gasteiger partial charge on any atom is -0.491 e. The van der Waals surface area contributed by atoms with E-state index in [1.165, 1.54) is 31.2 Å². The first kappa shape index (κ1) is 16.0. The van der Waals surface area contributed by atoms with Crippen LogP contribution in [-0.2, 0) is 6.42 Å². The smallest absolute Gasteiger partial charge is 0.119 e. The normalized spacial score (nSPS) is 12.7. The van der Waals surface area contributed by atoms with Gasteiger partial charge in [-0.15, -0.1) is 0 Å². The van der Waals surface area contributed by atoms with Crippen LogP contribution in [0.4, 0.5) is 0 Å². The number of hydrogen-bond donors (Lipinski definition) is 1. The highest BCUT2D eigenvalue weighted by Crippen LogP contribution is 2.15. The van der Waals surface area contributed by atoms with E-state index in [0.29, 0.717) is 6.61 Å². The summed E-state index contributed by atoms with van der Waals surface area (Å²) < 4.78 is 5.44. The van der Waals surface area contributed by atoms with E-state index in [1.54, 1.807) is 6.92 Å². The van der Waals surface area contributed by atoms with Crippen LogP contribution in [0.3, 0.4) is 0 Å². The third-order valence-corrected chi connectivity index (χ3v) is 3.16. The second-order valence-electron chi connectivity index (χ2n) is 5.80. The summed E-state index contributed by atoms with van der Waals surface area (Å²) in [6.07, 6.45) is 5.99. The van der Waals surface area contributed by atoms with Gasteiger partial charge in [0, 0.05) is 0 Å². The van der Waals surface area contributed by atoms with Gasteiger partial charge >= 0.3 is 0 Å². The van der Waals surface area contributed by atoms with Gasteiger partial charge in [0.2, 0.25) is 0 Å². The number of ether oxygens (including phenoxy) is 1. The monoisotopic (exact) mass is 264 g/mol. The Kier molecular flexibility index (Phi) is 7.57. The largest absolute Gasteiger partial charge is 0.491 e. The molecule has 2 heteroatoms. The molecule has 0 aliphatic rings. The molecule has 0 radical (unpaired) electrons. The van der Waals surface area contributed by atoms with Gasteiger partial charge < -0.3 is 9.84 Å². The molecule has 0 bridgehead atoms. The summed E-state index contributed by atoms with van der Waals surface area (Å²) in [5, 5.41) is 9.15. The number of rotatable bonds is 9. The van der Waals surface area contributed by atoms with Crippen molar-refractivity contribution in [1.82, 2.24) is 0 Å². The molecule has 1 unspecified atom stereocenters. The van der Waals surface area contributed by atoms with E-state index in [-0.39, 0.29) is 0 Å². The molecule has 19 heavy (non-hydrogen) atoms. The van der Waals surface area contributed by atoms with Gasteiger partial charge in [-0.3, -0.25) is 0 Å². The molecule has 1 atom stereocenters. The van der Waals surface area contributed by atoms with E-state index < -0.39 is 6.10 Å². The summed E-state index contributed by atoms with van der Waals surface area (Å²) in [5.74, 6) is 1.66. The fourth-order valence-electron chi connectivity index (χ4n) is 2.03.